The van der Waals surface area contributed by atoms with Crippen LogP contribution >= 0.6 is 11.6 Å². The van der Waals surface area contributed by atoms with Crippen molar-refractivity contribution in [3.8, 4) is 0 Å². The fourth-order valence-electron chi connectivity index (χ4n) is 4.52. The highest BCUT2D eigenvalue weighted by molar-refractivity contribution is 6.30. The van der Waals surface area contributed by atoms with E-state index in [4.69, 9.17) is 16.6 Å². The molecule has 0 aliphatic carbocycles. The Hall–Kier alpha value is -3.19. The normalized spacial score (nSPS) is 19.1. The first-order chi connectivity index (χ1) is 15.5. The maximum Gasteiger partial charge on any atom is 0.228 e. The van der Waals surface area contributed by atoms with Crippen molar-refractivity contribution in [2.45, 2.75) is 13.3 Å². The molecule has 2 aliphatic heterocycles. The van der Waals surface area contributed by atoms with Gasteiger partial charge in [-0.3, -0.25) is 9.59 Å². The molecule has 1 aromatic heterocycles. The lowest BCUT2D eigenvalue weighted by atomic mass is 10.1. The highest BCUT2D eigenvalue weighted by Gasteiger charge is 2.38. The molecule has 5 rings (SSSR count). The summed E-state index contributed by atoms with van der Waals surface area (Å²) in [6.07, 6.45) is 0.247. The summed E-state index contributed by atoms with van der Waals surface area (Å²) in [5, 5.41) is 0.622. The third kappa shape index (κ3) is 3.88. The predicted molar refractivity (Wildman–Crippen MR) is 125 cm³/mol. The van der Waals surface area contributed by atoms with E-state index in [1.54, 1.807) is 17.0 Å². The van der Waals surface area contributed by atoms with Gasteiger partial charge in [0.15, 0.2) is 5.82 Å². The lowest BCUT2D eigenvalue weighted by Gasteiger charge is -2.36. The van der Waals surface area contributed by atoms with E-state index >= 15 is 0 Å². The molecule has 0 saturated carbocycles. The molecule has 2 fully saturated rings. The van der Waals surface area contributed by atoms with Gasteiger partial charge < -0.3 is 14.7 Å². The number of carbonyl (C=O) groups excluding carboxylic acids is 2. The van der Waals surface area contributed by atoms with Crippen LogP contribution in [0.3, 0.4) is 0 Å². The van der Waals surface area contributed by atoms with Gasteiger partial charge in [0, 0.05) is 49.9 Å². The van der Waals surface area contributed by atoms with Gasteiger partial charge in [0.25, 0.3) is 0 Å². The molecule has 7 nitrogen and oxygen atoms in total. The van der Waals surface area contributed by atoms with Gasteiger partial charge in [0.2, 0.25) is 11.8 Å². The van der Waals surface area contributed by atoms with E-state index in [-0.39, 0.29) is 24.2 Å². The molecular weight excluding hydrogens is 426 g/mol. The first-order valence-electron chi connectivity index (χ1n) is 10.8. The molecule has 0 N–H and O–H groups in total. The zero-order valence-corrected chi connectivity index (χ0v) is 18.6. The Kier molecular flexibility index (Phi) is 5.43. The van der Waals surface area contributed by atoms with Crippen LogP contribution in [0.1, 0.15) is 12.1 Å². The quantitative estimate of drug-likeness (QED) is 0.613. The lowest BCUT2D eigenvalue weighted by Crippen LogP contribution is -2.51. The molecule has 3 heterocycles. The number of hydrogen-bond acceptors (Lipinski definition) is 5. The molecule has 8 heteroatoms. The second-order valence-electron chi connectivity index (χ2n) is 8.32. The number of carbonyl (C=O) groups is 2. The van der Waals surface area contributed by atoms with Gasteiger partial charge >= 0.3 is 0 Å². The van der Waals surface area contributed by atoms with Crippen molar-refractivity contribution in [1.82, 2.24) is 14.9 Å². The summed E-state index contributed by atoms with van der Waals surface area (Å²) in [4.78, 5) is 40.9. The minimum atomic E-state index is -0.313. The number of benzene rings is 2. The van der Waals surface area contributed by atoms with E-state index in [0.717, 1.165) is 28.2 Å². The molecule has 2 aromatic carbocycles. The summed E-state index contributed by atoms with van der Waals surface area (Å²) < 4.78 is 0. The summed E-state index contributed by atoms with van der Waals surface area (Å²) >= 11 is 5.95. The van der Waals surface area contributed by atoms with Crippen LogP contribution in [0.15, 0.2) is 48.5 Å². The van der Waals surface area contributed by atoms with Crippen LogP contribution in [0.2, 0.25) is 5.02 Å². The Morgan fingerprint density at radius 2 is 1.62 bits per heavy atom. The third-order valence-electron chi connectivity index (χ3n) is 6.22. The fourth-order valence-corrected chi connectivity index (χ4v) is 4.64. The number of hydrogen-bond donors (Lipinski definition) is 0. The maximum absolute atomic E-state index is 13.1. The van der Waals surface area contributed by atoms with E-state index in [9.17, 15) is 9.59 Å². The highest BCUT2D eigenvalue weighted by atomic mass is 35.5. The number of piperazine rings is 1. The molecule has 0 bridgehead atoms. The first kappa shape index (κ1) is 20.7. The van der Waals surface area contributed by atoms with Gasteiger partial charge in [-0.2, -0.15) is 0 Å². The zero-order chi connectivity index (χ0) is 22.2. The Balaban J connectivity index is 1.24. The van der Waals surface area contributed by atoms with E-state index in [0.29, 0.717) is 37.7 Å². The van der Waals surface area contributed by atoms with Crippen molar-refractivity contribution in [2.24, 2.45) is 5.92 Å². The predicted octanol–water partition coefficient (Wildman–Crippen LogP) is 3.29. The molecule has 2 amide bonds. The summed E-state index contributed by atoms with van der Waals surface area (Å²) in [6.45, 7) is 5.00. The fraction of sp³-hybridized carbons (Fsp3) is 0.333. The zero-order valence-electron chi connectivity index (χ0n) is 17.9. The van der Waals surface area contributed by atoms with Crippen molar-refractivity contribution >= 4 is 46.0 Å². The van der Waals surface area contributed by atoms with Crippen LogP contribution in [0, 0.1) is 12.8 Å². The number of aromatic nitrogens is 2. The molecular formula is C24H24ClN5O2. The average Bonchev–Trinajstić information content (AvgIpc) is 3.20. The Bertz CT molecular complexity index is 1170. The first-order valence-corrected chi connectivity index (χ1v) is 11.2. The maximum atomic E-state index is 13.1. The molecule has 0 radical (unpaired) electrons. The van der Waals surface area contributed by atoms with Gasteiger partial charge in [-0.1, -0.05) is 23.7 Å². The number of para-hydroxylation sites is 2. The minimum Gasteiger partial charge on any atom is -0.352 e. The topological polar surface area (TPSA) is 69.6 Å². The SMILES string of the molecule is Cc1nc2ccccc2nc1N1CCN(C(=O)C2CC(=O)N(c3ccc(Cl)cc3)C2)CC1. The monoisotopic (exact) mass is 449 g/mol. The van der Waals surface area contributed by atoms with Crippen LogP contribution in [-0.2, 0) is 9.59 Å². The van der Waals surface area contributed by atoms with Crippen molar-refractivity contribution in [2.75, 3.05) is 42.5 Å². The van der Waals surface area contributed by atoms with Crippen molar-refractivity contribution in [3.05, 3.63) is 59.2 Å². The molecule has 1 unspecified atom stereocenters. The van der Waals surface area contributed by atoms with E-state index in [2.05, 4.69) is 9.88 Å². The average molecular weight is 450 g/mol. The van der Waals surface area contributed by atoms with Gasteiger partial charge in [0.1, 0.15) is 0 Å². The Morgan fingerprint density at radius 1 is 0.969 bits per heavy atom. The lowest BCUT2D eigenvalue weighted by molar-refractivity contribution is -0.136. The van der Waals surface area contributed by atoms with Gasteiger partial charge in [0.05, 0.1) is 22.6 Å². The Labute approximate surface area is 191 Å². The molecule has 0 spiro atoms. The van der Waals surface area contributed by atoms with E-state index in [1.807, 2.05) is 48.2 Å². The van der Waals surface area contributed by atoms with Gasteiger partial charge in [-0.25, -0.2) is 9.97 Å². The number of fused-ring (bicyclic) bond motifs is 1. The number of halogens is 1. The van der Waals surface area contributed by atoms with Gasteiger partial charge in [-0.15, -0.1) is 0 Å². The molecule has 3 aromatic rings. The molecule has 1 atom stereocenters. The molecule has 164 valence electrons. The number of aryl methyl sites for hydroxylation is 1. The minimum absolute atomic E-state index is 0.0219. The smallest absolute Gasteiger partial charge is 0.228 e. The van der Waals surface area contributed by atoms with Crippen molar-refractivity contribution in [1.29, 1.82) is 0 Å². The largest absolute Gasteiger partial charge is 0.352 e. The number of nitrogens with zero attached hydrogens (tertiary/aromatic N) is 5. The summed E-state index contributed by atoms with van der Waals surface area (Å²) in [6, 6.07) is 15.0. The number of anilines is 2. The second-order valence-corrected chi connectivity index (χ2v) is 8.75. The summed E-state index contributed by atoms with van der Waals surface area (Å²) in [5.74, 6) is 0.592. The van der Waals surface area contributed by atoms with E-state index < -0.39 is 0 Å². The molecule has 32 heavy (non-hydrogen) atoms. The molecule has 2 aliphatic rings. The van der Waals surface area contributed by atoms with Crippen LogP contribution in [0.25, 0.3) is 11.0 Å². The van der Waals surface area contributed by atoms with Crippen LogP contribution < -0.4 is 9.80 Å². The van der Waals surface area contributed by atoms with Crippen LogP contribution in [0.4, 0.5) is 11.5 Å². The Morgan fingerprint density at radius 3 is 2.31 bits per heavy atom. The van der Waals surface area contributed by atoms with Crippen LogP contribution in [-0.4, -0.2) is 59.4 Å². The standard InChI is InChI=1S/C24H24ClN5O2/c1-16-23(27-21-5-3-2-4-20(21)26-16)28-10-12-29(13-11-28)24(32)17-14-22(31)30(15-17)19-8-6-18(25)7-9-19/h2-9,17H,10-15H2,1H3. The number of rotatable bonds is 3. The van der Waals surface area contributed by atoms with Crippen molar-refractivity contribution < 1.29 is 9.59 Å². The van der Waals surface area contributed by atoms with Crippen molar-refractivity contribution in [3.63, 3.8) is 0 Å². The summed E-state index contributed by atoms with van der Waals surface area (Å²) in [5.41, 5.74) is 3.44. The van der Waals surface area contributed by atoms with E-state index in [1.165, 1.54) is 0 Å². The third-order valence-corrected chi connectivity index (χ3v) is 6.48. The highest BCUT2D eigenvalue weighted by Crippen LogP contribution is 2.28. The summed E-state index contributed by atoms with van der Waals surface area (Å²) in [7, 11) is 0. The second kappa shape index (κ2) is 8.39. The molecule has 2 saturated heterocycles. The van der Waals surface area contributed by atoms with Crippen LogP contribution in [0.5, 0.6) is 0 Å². The van der Waals surface area contributed by atoms with Gasteiger partial charge in [-0.05, 0) is 43.3 Å². The number of amides is 2.